The third-order valence-electron chi connectivity index (χ3n) is 5.16. The zero-order valence-electron chi connectivity index (χ0n) is 13.8. The Bertz CT molecular complexity index is 653. The third-order valence-corrected chi connectivity index (χ3v) is 6.02. The first-order chi connectivity index (χ1) is 11.8. The van der Waals surface area contributed by atoms with E-state index in [1.807, 2.05) is 23.5 Å². The number of piperidine rings is 1. The molecule has 24 heavy (non-hydrogen) atoms. The highest BCUT2D eigenvalue weighted by Crippen LogP contribution is 2.47. The number of carbonyl (C=O) groups excluding carboxylic acids is 1. The summed E-state index contributed by atoms with van der Waals surface area (Å²) in [4.78, 5) is 16.3. The van der Waals surface area contributed by atoms with Crippen molar-refractivity contribution in [2.75, 3.05) is 19.6 Å². The highest BCUT2D eigenvalue weighted by atomic mass is 32.1. The molecule has 1 amide bonds. The van der Waals surface area contributed by atoms with Gasteiger partial charge in [-0.2, -0.15) is 0 Å². The van der Waals surface area contributed by atoms with Crippen LogP contribution in [0.3, 0.4) is 0 Å². The number of likely N-dealkylation sites (tertiary alicyclic amines) is 1. The average molecular weight is 344 g/mol. The van der Waals surface area contributed by atoms with E-state index in [-0.39, 0.29) is 11.8 Å². The summed E-state index contributed by atoms with van der Waals surface area (Å²) in [6, 6.07) is 8.19. The fourth-order valence-electron chi connectivity index (χ4n) is 3.76. The Hall–Kier alpha value is -1.59. The van der Waals surface area contributed by atoms with E-state index >= 15 is 0 Å². The predicted octanol–water partition coefficient (Wildman–Crippen LogP) is 3.47. The Morgan fingerprint density at radius 1 is 1.38 bits per heavy atom. The summed E-state index contributed by atoms with van der Waals surface area (Å²) < 4.78 is 5.41. The Balaban J connectivity index is 1.22. The maximum Gasteiger partial charge on any atom is 0.223 e. The highest BCUT2D eigenvalue weighted by molar-refractivity contribution is 7.09. The van der Waals surface area contributed by atoms with Gasteiger partial charge in [0.05, 0.1) is 6.26 Å². The van der Waals surface area contributed by atoms with Crippen molar-refractivity contribution in [2.45, 2.75) is 31.7 Å². The van der Waals surface area contributed by atoms with Crippen molar-refractivity contribution in [2.24, 2.45) is 11.8 Å². The second kappa shape index (κ2) is 7.11. The molecule has 0 spiro atoms. The third kappa shape index (κ3) is 3.73. The van der Waals surface area contributed by atoms with Crippen molar-refractivity contribution in [3.8, 4) is 0 Å². The lowest BCUT2D eigenvalue weighted by Gasteiger charge is -2.32. The summed E-state index contributed by atoms with van der Waals surface area (Å²) >= 11 is 1.83. The van der Waals surface area contributed by atoms with Gasteiger partial charge in [-0.05, 0) is 55.3 Å². The molecule has 0 unspecified atom stereocenters. The van der Waals surface area contributed by atoms with Gasteiger partial charge in [0.15, 0.2) is 0 Å². The van der Waals surface area contributed by atoms with Gasteiger partial charge in [-0.3, -0.25) is 9.69 Å². The van der Waals surface area contributed by atoms with Crippen LogP contribution in [0, 0.1) is 11.8 Å². The number of hydrogen-bond donors (Lipinski definition) is 1. The van der Waals surface area contributed by atoms with E-state index < -0.39 is 0 Å². The fourth-order valence-corrected chi connectivity index (χ4v) is 4.51. The van der Waals surface area contributed by atoms with E-state index in [2.05, 4.69) is 27.7 Å². The lowest BCUT2D eigenvalue weighted by molar-refractivity contribution is -0.122. The molecule has 2 aromatic rings. The molecule has 0 radical (unpaired) electrons. The Labute approximate surface area is 146 Å². The minimum atomic E-state index is 0.113. The normalized spacial score (nSPS) is 27.1. The molecule has 1 N–H and O–H groups in total. The minimum Gasteiger partial charge on any atom is -0.469 e. The van der Waals surface area contributed by atoms with Crippen LogP contribution in [0.2, 0.25) is 0 Å². The zero-order chi connectivity index (χ0) is 16.4. The van der Waals surface area contributed by atoms with Crippen LogP contribution in [-0.2, 0) is 11.3 Å². The monoisotopic (exact) mass is 344 g/mol. The summed E-state index contributed by atoms with van der Waals surface area (Å²) in [6.45, 7) is 4.11. The summed E-state index contributed by atoms with van der Waals surface area (Å²) in [5.74, 6) is 2.13. The Kier molecular flexibility index (Phi) is 4.72. The van der Waals surface area contributed by atoms with Crippen LogP contribution in [0.1, 0.15) is 35.8 Å². The molecule has 4 rings (SSSR count). The van der Waals surface area contributed by atoms with Crippen molar-refractivity contribution in [3.05, 3.63) is 46.5 Å². The molecule has 2 fully saturated rings. The lowest BCUT2D eigenvalue weighted by atomic mass is 9.98. The smallest absolute Gasteiger partial charge is 0.223 e. The van der Waals surface area contributed by atoms with E-state index in [9.17, 15) is 4.79 Å². The maximum absolute atomic E-state index is 12.3. The van der Waals surface area contributed by atoms with Crippen molar-refractivity contribution in [3.63, 3.8) is 0 Å². The summed E-state index contributed by atoms with van der Waals surface area (Å²) in [6.07, 6.45) is 5.05. The van der Waals surface area contributed by atoms with Crippen LogP contribution in [0.4, 0.5) is 0 Å². The van der Waals surface area contributed by atoms with Gasteiger partial charge in [0.1, 0.15) is 5.76 Å². The molecule has 128 valence electrons. The zero-order valence-corrected chi connectivity index (χ0v) is 14.6. The van der Waals surface area contributed by atoms with Gasteiger partial charge in [0.2, 0.25) is 5.91 Å². The van der Waals surface area contributed by atoms with Crippen molar-refractivity contribution < 1.29 is 9.21 Å². The minimum absolute atomic E-state index is 0.113. The van der Waals surface area contributed by atoms with Gasteiger partial charge in [0, 0.05) is 36.3 Å². The molecule has 2 aliphatic rings. The topological polar surface area (TPSA) is 45.5 Å². The largest absolute Gasteiger partial charge is 0.469 e. The molecule has 4 nitrogen and oxygen atoms in total. The predicted molar refractivity (Wildman–Crippen MR) is 94.9 cm³/mol. The number of hydrogen-bond acceptors (Lipinski definition) is 4. The van der Waals surface area contributed by atoms with Crippen LogP contribution >= 0.6 is 11.3 Å². The first-order valence-electron chi connectivity index (χ1n) is 8.85. The number of furan rings is 1. The number of amides is 1. The van der Waals surface area contributed by atoms with Gasteiger partial charge in [-0.25, -0.2) is 0 Å². The lowest BCUT2D eigenvalue weighted by Crippen LogP contribution is -2.40. The number of nitrogens with zero attached hydrogens (tertiary/aromatic N) is 1. The first kappa shape index (κ1) is 15.9. The first-order valence-corrected chi connectivity index (χ1v) is 9.73. The standard InChI is InChI=1S/C19H24N2O2S/c22-19(17-10-16(17)18-6-2-8-23-18)20-11-14-4-1-7-21(12-14)13-15-5-3-9-24-15/h2-3,5-6,8-9,14,16-17H,1,4,7,10-13H2,(H,20,22)/t14-,16+,17-/m0/s1. The second-order valence-corrected chi connectivity index (χ2v) is 8.06. The molecule has 3 heterocycles. The van der Waals surface area contributed by atoms with Gasteiger partial charge >= 0.3 is 0 Å². The van der Waals surface area contributed by atoms with Crippen molar-refractivity contribution in [1.82, 2.24) is 10.2 Å². The van der Waals surface area contributed by atoms with E-state index in [1.54, 1.807) is 6.26 Å². The second-order valence-electron chi connectivity index (χ2n) is 7.03. The quantitative estimate of drug-likeness (QED) is 0.873. The molecule has 2 aromatic heterocycles. The van der Waals surface area contributed by atoms with Gasteiger partial charge in [-0.1, -0.05) is 6.07 Å². The molecule has 1 saturated heterocycles. The van der Waals surface area contributed by atoms with E-state index in [0.29, 0.717) is 11.8 Å². The van der Waals surface area contributed by atoms with Crippen molar-refractivity contribution in [1.29, 1.82) is 0 Å². The Morgan fingerprint density at radius 3 is 3.12 bits per heavy atom. The van der Waals surface area contributed by atoms with Gasteiger partial charge in [-0.15, -0.1) is 11.3 Å². The maximum atomic E-state index is 12.3. The summed E-state index contributed by atoms with van der Waals surface area (Å²) in [5.41, 5.74) is 0. The molecular formula is C19H24N2O2S. The molecule has 1 aliphatic heterocycles. The van der Waals surface area contributed by atoms with Crippen LogP contribution in [0.25, 0.3) is 0 Å². The van der Waals surface area contributed by atoms with Crippen LogP contribution in [0.15, 0.2) is 40.3 Å². The average Bonchev–Trinajstić information content (AvgIpc) is 3.00. The van der Waals surface area contributed by atoms with E-state index in [1.165, 1.54) is 24.3 Å². The summed E-state index contributed by atoms with van der Waals surface area (Å²) in [5, 5.41) is 5.32. The number of nitrogens with one attached hydrogen (secondary N) is 1. The van der Waals surface area contributed by atoms with Crippen LogP contribution in [0.5, 0.6) is 0 Å². The molecular weight excluding hydrogens is 320 g/mol. The molecule has 3 atom stereocenters. The Morgan fingerprint density at radius 2 is 2.33 bits per heavy atom. The number of thiophene rings is 1. The van der Waals surface area contributed by atoms with Gasteiger partial charge < -0.3 is 9.73 Å². The fraction of sp³-hybridized carbons (Fsp3) is 0.526. The van der Waals surface area contributed by atoms with E-state index in [4.69, 9.17) is 4.42 Å². The van der Waals surface area contributed by atoms with Crippen molar-refractivity contribution >= 4 is 17.2 Å². The SMILES string of the molecule is O=C(NC[C@@H]1CCCN(Cc2cccs2)C1)[C@H]1C[C@H]1c1ccco1. The van der Waals surface area contributed by atoms with Gasteiger partial charge in [0.25, 0.3) is 0 Å². The van der Waals surface area contributed by atoms with E-state index in [0.717, 1.165) is 31.8 Å². The molecule has 0 aromatic carbocycles. The number of carbonyl (C=O) groups is 1. The summed E-state index contributed by atoms with van der Waals surface area (Å²) in [7, 11) is 0. The van der Waals surface area contributed by atoms with Crippen LogP contribution < -0.4 is 5.32 Å². The molecule has 0 bridgehead atoms. The molecule has 1 aliphatic carbocycles. The molecule has 1 saturated carbocycles. The highest BCUT2D eigenvalue weighted by Gasteiger charge is 2.45. The molecule has 5 heteroatoms. The van der Waals surface area contributed by atoms with Crippen LogP contribution in [-0.4, -0.2) is 30.4 Å². The number of rotatable bonds is 6.